The van der Waals surface area contributed by atoms with Gasteiger partial charge >= 0.3 is 0 Å². The Balaban J connectivity index is 1.39. The zero-order valence-corrected chi connectivity index (χ0v) is 17.9. The monoisotopic (exact) mass is 424 g/mol. The van der Waals surface area contributed by atoms with E-state index in [0.717, 1.165) is 40.0 Å². The van der Waals surface area contributed by atoms with E-state index in [0.29, 0.717) is 25.5 Å². The Bertz CT molecular complexity index is 1050. The minimum absolute atomic E-state index is 0.0718. The lowest BCUT2D eigenvalue weighted by Gasteiger charge is -2.21. The van der Waals surface area contributed by atoms with Crippen LogP contribution in [-0.4, -0.2) is 39.6 Å². The summed E-state index contributed by atoms with van der Waals surface area (Å²) in [4.78, 5) is 12.4. The number of carbonyl (C=O) groups excluding carboxylic acids is 1. The molecule has 2 aromatic carbocycles. The second-order valence-electron chi connectivity index (χ2n) is 6.87. The maximum atomic E-state index is 12.4. The molecule has 0 spiro atoms. The van der Waals surface area contributed by atoms with E-state index in [9.17, 15) is 4.79 Å². The van der Waals surface area contributed by atoms with Gasteiger partial charge in [-0.05, 0) is 25.5 Å². The summed E-state index contributed by atoms with van der Waals surface area (Å²) < 4.78 is 13.3. The number of aryl methyl sites for hydroxylation is 1. The van der Waals surface area contributed by atoms with Crippen molar-refractivity contribution in [3.63, 3.8) is 0 Å². The van der Waals surface area contributed by atoms with Crippen molar-refractivity contribution in [1.82, 2.24) is 20.1 Å². The van der Waals surface area contributed by atoms with Gasteiger partial charge in [0, 0.05) is 24.2 Å². The van der Waals surface area contributed by atoms with Gasteiger partial charge in [-0.25, -0.2) is 0 Å². The number of hydrogen-bond acceptors (Lipinski definition) is 6. The fourth-order valence-electron chi connectivity index (χ4n) is 3.35. The van der Waals surface area contributed by atoms with Crippen LogP contribution >= 0.6 is 11.8 Å². The van der Waals surface area contributed by atoms with Crippen LogP contribution in [0.5, 0.6) is 11.5 Å². The molecule has 7 nitrogen and oxygen atoms in total. The Hall–Kier alpha value is -3.00. The van der Waals surface area contributed by atoms with Gasteiger partial charge in [-0.15, -0.1) is 10.2 Å². The van der Waals surface area contributed by atoms with Gasteiger partial charge in [0.25, 0.3) is 0 Å². The smallest absolute Gasteiger partial charge is 0.230 e. The summed E-state index contributed by atoms with van der Waals surface area (Å²) in [5.41, 5.74) is 3.11. The molecule has 156 valence electrons. The van der Waals surface area contributed by atoms with Crippen molar-refractivity contribution in [2.24, 2.45) is 0 Å². The predicted molar refractivity (Wildman–Crippen MR) is 116 cm³/mol. The maximum Gasteiger partial charge on any atom is 0.230 e. The van der Waals surface area contributed by atoms with Crippen molar-refractivity contribution in [1.29, 1.82) is 0 Å². The van der Waals surface area contributed by atoms with Crippen molar-refractivity contribution in [2.75, 3.05) is 19.0 Å². The normalized spacial score (nSPS) is 12.6. The predicted octanol–water partition coefficient (Wildman–Crippen LogP) is 3.45. The van der Waals surface area contributed by atoms with Crippen LogP contribution in [0.4, 0.5) is 0 Å². The third-order valence-corrected chi connectivity index (χ3v) is 5.84. The number of rotatable bonds is 7. The van der Waals surface area contributed by atoms with Crippen LogP contribution in [0.3, 0.4) is 0 Å². The molecule has 1 N–H and O–H groups in total. The molecule has 0 atom stereocenters. The van der Waals surface area contributed by atoms with Gasteiger partial charge in [-0.3, -0.25) is 4.79 Å². The van der Waals surface area contributed by atoms with Gasteiger partial charge < -0.3 is 19.4 Å². The molecule has 0 aliphatic carbocycles. The van der Waals surface area contributed by atoms with Crippen molar-refractivity contribution in [3.8, 4) is 22.9 Å². The first-order valence-electron chi connectivity index (χ1n) is 9.93. The Morgan fingerprint density at radius 3 is 2.80 bits per heavy atom. The number of carbonyl (C=O) groups is 1. The SMILES string of the molecule is CCn1c(SCC(=O)NCc2cccc3c2OCCO3)nnc1-c1ccccc1C. The minimum atomic E-state index is -0.0718. The highest BCUT2D eigenvalue weighted by Crippen LogP contribution is 2.33. The van der Waals surface area contributed by atoms with Gasteiger partial charge in [-0.2, -0.15) is 0 Å². The number of nitrogens with one attached hydrogen (secondary N) is 1. The first-order valence-corrected chi connectivity index (χ1v) is 10.9. The second-order valence-corrected chi connectivity index (χ2v) is 7.81. The summed E-state index contributed by atoms with van der Waals surface area (Å²) in [6, 6.07) is 13.8. The van der Waals surface area contributed by atoms with Crippen molar-refractivity contribution in [3.05, 3.63) is 53.6 Å². The lowest BCUT2D eigenvalue weighted by Crippen LogP contribution is -2.26. The number of ether oxygens (including phenoxy) is 2. The molecule has 30 heavy (non-hydrogen) atoms. The highest BCUT2D eigenvalue weighted by atomic mass is 32.2. The van der Waals surface area contributed by atoms with E-state index in [1.54, 1.807) is 0 Å². The molecule has 1 aromatic heterocycles. The molecule has 1 amide bonds. The molecule has 3 aromatic rings. The van der Waals surface area contributed by atoms with Crippen LogP contribution in [0.25, 0.3) is 11.4 Å². The molecule has 0 saturated carbocycles. The summed E-state index contributed by atoms with van der Waals surface area (Å²) in [7, 11) is 0. The van der Waals surface area contributed by atoms with Gasteiger partial charge in [0.15, 0.2) is 22.5 Å². The molecule has 2 heterocycles. The van der Waals surface area contributed by atoms with Crippen molar-refractivity contribution in [2.45, 2.75) is 32.1 Å². The Kier molecular flexibility index (Phi) is 6.23. The number of thioether (sulfide) groups is 1. The molecular weight excluding hydrogens is 400 g/mol. The third kappa shape index (κ3) is 4.28. The topological polar surface area (TPSA) is 78.3 Å². The van der Waals surface area contributed by atoms with Gasteiger partial charge in [0.1, 0.15) is 13.2 Å². The third-order valence-electron chi connectivity index (χ3n) is 4.88. The van der Waals surface area contributed by atoms with E-state index in [-0.39, 0.29) is 11.7 Å². The van der Waals surface area contributed by atoms with E-state index >= 15 is 0 Å². The van der Waals surface area contributed by atoms with Gasteiger partial charge in [-0.1, -0.05) is 48.2 Å². The van der Waals surface area contributed by atoms with Crippen LogP contribution in [0, 0.1) is 6.92 Å². The summed E-state index contributed by atoms with van der Waals surface area (Å²) in [5, 5.41) is 12.4. The zero-order valence-electron chi connectivity index (χ0n) is 17.1. The number of nitrogens with zero attached hydrogens (tertiary/aromatic N) is 3. The van der Waals surface area contributed by atoms with E-state index in [1.165, 1.54) is 11.8 Å². The lowest BCUT2D eigenvalue weighted by atomic mass is 10.1. The van der Waals surface area contributed by atoms with Crippen LogP contribution in [0.1, 0.15) is 18.1 Å². The van der Waals surface area contributed by atoms with E-state index < -0.39 is 0 Å². The largest absolute Gasteiger partial charge is 0.486 e. The molecular formula is C22H24N4O3S. The van der Waals surface area contributed by atoms with E-state index in [2.05, 4.69) is 35.4 Å². The maximum absolute atomic E-state index is 12.4. The first-order chi connectivity index (χ1) is 14.7. The van der Waals surface area contributed by atoms with Crippen LogP contribution in [0.2, 0.25) is 0 Å². The van der Waals surface area contributed by atoms with Gasteiger partial charge in [0.2, 0.25) is 5.91 Å². The van der Waals surface area contributed by atoms with Crippen LogP contribution in [0.15, 0.2) is 47.6 Å². The molecule has 0 fully saturated rings. The minimum Gasteiger partial charge on any atom is -0.486 e. The molecule has 0 bridgehead atoms. The highest BCUT2D eigenvalue weighted by Gasteiger charge is 2.18. The molecule has 1 aliphatic heterocycles. The fourth-order valence-corrected chi connectivity index (χ4v) is 4.18. The Morgan fingerprint density at radius 2 is 1.97 bits per heavy atom. The number of fused-ring (bicyclic) bond motifs is 1. The molecule has 8 heteroatoms. The average molecular weight is 425 g/mol. The summed E-state index contributed by atoms with van der Waals surface area (Å²) in [6.07, 6.45) is 0. The second kappa shape index (κ2) is 9.21. The highest BCUT2D eigenvalue weighted by molar-refractivity contribution is 7.99. The van der Waals surface area contributed by atoms with Crippen LogP contribution in [-0.2, 0) is 17.9 Å². The summed E-state index contributed by atoms with van der Waals surface area (Å²) in [5.74, 6) is 2.45. The summed E-state index contributed by atoms with van der Waals surface area (Å²) >= 11 is 1.39. The quantitative estimate of drug-likeness (QED) is 0.586. The lowest BCUT2D eigenvalue weighted by molar-refractivity contribution is -0.118. The average Bonchev–Trinajstić information content (AvgIpc) is 3.19. The molecule has 4 rings (SSSR count). The zero-order chi connectivity index (χ0) is 20.9. The first kappa shape index (κ1) is 20.3. The molecule has 1 aliphatic rings. The van der Waals surface area contributed by atoms with Gasteiger partial charge in [0.05, 0.1) is 5.75 Å². The Labute approximate surface area is 179 Å². The fraction of sp³-hybridized carbons (Fsp3) is 0.318. The number of para-hydroxylation sites is 1. The number of benzene rings is 2. The van der Waals surface area contributed by atoms with Crippen molar-refractivity contribution >= 4 is 17.7 Å². The standard InChI is InChI=1S/C22H24N4O3S/c1-3-26-21(17-9-5-4-7-15(17)2)24-25-22(26)30-14-19(27)23-13-16-8-6-10-18-20(16)29-12-11-28-18/h4-10H,3,11-14H2,1-2H3,(H,23,27). The van der Waals surface area contributed by atoms with E-state index in [1.807, 2.05) is 41.0 Å². The van der Waals surface area contributed by atoms with Crippen LogP contribution < -0.4 is 14.8 Å². The molecule has 0 saturated heterocycles. The van der Waals surface area contributed by atoms with Crippen molar-refractivity contribution < 1.29 is 14.3 Å². The summed E-state index contributed by atoms with van der Waals surface area (Å²) in [6.45, 7) is 6.29. The van der Waals surface area contributed by atoms with E-state index in [4.69, 9.17) is 9.47 Å². The number of amides is 1. The Morgan fingerprint density at radius 1 is 1.13 bits per heavy atom. The number of hydrogen-bond donors (Lipinski definition) is 1. The molecule has 0 radical (unpaired) electrons. The molecule has 0 unspecified atom stereocenters. The number of aromatic nitrogens is 3.